The number of nitrogens with one attached hydrogen (secondary N) is 2. The number of aryl methyl sites for hydroxylation is 1. The first-order valence-corrected chi connectivity index (χ1v) is 11.3. The number of ether oxygens (including phenoxy) is 1. The van der Waals surface area contributed by atoms with Gasteiger partial charge in [0, 0.05) is 13.6 Å². The minimum Gasteiger partial charge on any atom is -0.494 e. The van der Waals surface area contributed by atoms with Crippen LogP contribution in [0.25, 0.3) is 0 Å². The first-order chi connectivity index (χ1) is 14.2. The zero-order chi connectivity index (χ0) is 22.4. The molecule has 0 aliphatic heterocycles. The van der Waals surface area contributed by atoms with Gasteiger partial charge in [0.15, 0.2) is 0 Å². The Morgan fingerprint density at radius 2 is 1.67 bits per heavy atom. The Morgan fingerprint density at radius 1 is 1.07 bits per heavy atom. The van der Waals surface area contributed by atoms with E-state index in [0.717, 1.165) is 24.2 Å². The van der Waals surface area contributed by atoms with Crippen LogP contribution in [0.4, 0.5) is 0 Å². The van der Waals surface area contributed by atoms with Crippen molar-refractivity contribution in [3.05, 3.63) is 65.7 Å². The number of likely N-dealkylation sites (N-methyl/N-ethyl adjacent to an activating group) is 1. The summed E-state index contributed by atoms with van der Waals surface area (Å²) in [5.74, 6) is 0.614. The predicted molar refractivity (Wildman–Crippen MR) is 116 cm³/mol. The number of rotatable bonds is 10. The first-order valence-electron chi connectivity index (χ1n) is 9.47. The van der Waals surface area contributed by atoms with Crippen LogP contribution in [0.1, 0.15) is 17.5 Å². The van der Waals surface area contributed by atoms with Crippen molar-refractivity contribution in [2.45, 2.75) is 25.4 Å². The molecule has 166 valence electrons. The van der Waals surface area contributed by atoms with Crippen molar-refractivity contribution in [2.24, 2.45) is 0 Å². The Hall–Kier alpha value is -2.46. The fourth-order valence-corrected chi connectivity index (χ4v) is 2.47. The highest BCUT2D eigenvalue weighted by atomic mass is 32.2. The van der Waals surface area contributed by atoms with Gasteiger partial charge >= 0.3 is 0 Å². The van der Waals surface area contributed by atoms with E-state index in [1.54, 1.807) is 7.05 Å². The van der Waals surface area contributed by atoms with Crippen LogP contribution in [0.15, 0.2) is 54.6 Å². The first kappa shape index (κ1) is 25.6. The van der Waals surface area contributed by atoms with Crippen LogP contribution >= 0.6 is 0 Å². The molecule has 0 bridgehead atoms. The summed E-state index contributed by atoms with van der Waals surface area (Å²) >= 11 is 0. The molecule has 2 rings (SSSR count). The number of carbonyl (C=O) groups excluding carboxylic acids is 1. The van der Waals surface area contributed by atoms with E-state index in [1.165, 1.54) is 5.56 Å². The standard InChI is InChI=1S/C20H26N2O3.CH4O3S/c1-21-20(24)19(15-23)22-14-17-9-11-18(12-10-17)25-13-5-8-16-6-3-2-4-7-16;1-5(2,3)4/h2-4,6-7,9-12,19,22-23H,5,8,13-15H2,1H3,(H,21,24);1H3,(H,2,3,4). The van der Waals surface area contributed by atoms with E-state index in [9.17, 15) is 18.3 Å². The van der Waals surface area contributed by atoms with Gasteiger partial charge in [-0.15, -0.1) is 0 Å². The highest BCUT2D eigenvalue weighted by Crippen LogP contribution is 2.13. The quantitative estimate of drug-likeness (QED) is 0.326. The number of aliphatic hydroxyl groups excluding tert-OH is 1. The second-order valence-electron chi connectivity index (χ2n) is 6.54. The predicted octanol–water partition coefficient (Wildman–Crippen LogP) is 1.40. The number of aliphatic hydroxyl groups is 1. The molecule has 2 aromatic carbocycles. The smallest absolute Gasteiger partial charge is 0.261 e. The Bertz CT molecular complexity index is 834. The van der Waals surface area contributed by atoms with Crippen LogP contribution in [0, 0.1) is 0 Å². The van der Waals surface area contributed by atoms with E-state index in [-0.39, 0.29) is 12.5 Å². The molecular weight excluding hydrogens is 408 g/mol. The minimum atomic E-state index is -3.67. The van der Waals surface area contributed by atoms with E-state index in [2.05, 4.69) is 34.9 Å². The summed E-state index contributed by atoms with van der Waals surface area (Å²) in [6.45, 7) is 0.949. The highest BCUT2D eigenvalue weighted by molar-refractivity contribution is 7.85. The summed E-state index contributed by atoms with van der Waals surface area (Å²) in [6.07, 6.45) is 2.69. The van der Waals surface area contributed by atoms with Crippen molar-refractivity contribution in [3.63, 3.8) is 0 Å². The molecule has 8 nitrogen and oxygen atoms in total. The third-order valence-corrected chi connectivity index (χ3v) is 3.94. The Labute approximate surface area is 178 Å². The number of benzene rings is 2. The molecule has 9 heteroatoms. The normalized spacial score (nSPS) is 11.7. The molecule has 1 amide bonds. The van der Waals surface area contributed by atoms with E-state index in [1.807, 2.05) is 30.3 Å². The second-order valence-corrected chi connectivity index (χ2v) is 8.01. The van der Waals surface area contributed by atoms with Crippen LogP contribution in [0.3, 0.4) is 0 Å². The van der Waals surface area contributed by atoms with E-state index in [4.69, 9.17) is 9.29 Å². The monoisotopic (exact) mass is 438 g/mol. The molecule has 0 radical (unpaired) electrons. The molecule has 0 saturated heterocycles. The molecule has 1 unspecified atom stereocenters. The van der Waals surface area contributed by atoms with Crippen molar-refractivity contribution >= 4 is 16.0 Å². The molecular formula is C21H30N2O6S. The van der Waals surface area contributed by atoms with Crippen LogP contribution in [-0.2, 0) is 27.9 Å². The lowest BCUT2D eigenvalue weighted by atomic mass is 10.1. The molecule has 1 atom stereocenters. The van der Waals surface area contributed by atoms with Crippen molar-refractivity contribution in [3.8, 4) is 5.75 Å². The lowest BCUT2D eigenvalue weighted by Gasteiger charge is -2.14. The summed E-state index contributed by atoms with van der Waals surface area (Å²) < 4.78 is 31.6. The number of hydrogen-bond acceptors (Lipinski definition) is 6. The zero-order valence-electron chi connectivity index (χ0n) is 17.2. The van der Waals surface area contributed by atoms with Crippen LogP contribution in [0.2, 0.25) is 0 Å². The van der Waals surface area contributed by atoms with Crippen molar-refractivity contribution in [1.82, 2.24) is 10.6 Å². The van der Waals surface area contributed by atoms with E-state index < -0.39 is 16.2 Å². The maximum Gasteiger partial charge on any atom is 0.261 e. The molecule has 4 N–H and O–H groups in total. The highest BCUT2D eigenvalue weighted by Gasteiger charge is 2.14. The Balaban J connectivity index is 0.000000804. The van der Waals surface area contributed by atoms with Gasteiger partial charge in [-0.3, -0.25) is 14.7 Å². The Morgan fingerprint density at radius 3 is 2.20 bits per heavy atom. The Kier molecular flexibility index (Phi) is 11.7. The fraction of sp³-hybridized carbons (Fsp3) is 0.381. The van der Waals surface area contributed by atoms with Gasteiger partial charge in [0.05, 0.1) is 19.5 Å². The van der Waals surface area contributed by atoms with Crippen LogP contribution in [0.5, 0.6) is 5.75 Å². The molecule has 30 heavy (non-hydrogen) atoms. The molecule has 0 aromatic heterocycles. The van der Waals surface area contributed by atoms with Crippen molar-refractivity contribution < 1.29 is 27.6 Å². The summed E-state index contributed by atoms with van der Waals surface area (Å²) in [7, 11) is -2.11. The number of carbonyl (C=O) groups is 1. The maximum atomic E-state index is 11.5. The summed E-state index contributed by atoms with van der Waals surface area (Å²) in [5.41, 5.74) is 2.35. The van der Waals surface area contributed by atoms with Crippen molar-refractivity contribution in [2.75, 3.05) is 26.5 Å². The fourth-order valence-electron chi connectivity index (χ4n) is 2.47. The lowest BCUT2D eigenvalue weighted by Crippen LogP contribution is -2.44. The third-order valence-electron chi connectivity index (χ3n) is 3.94. The van der Waals surface area contributed by atoms with Gasteiger partial charge in [0.25, 0.3) is 10.1 Å². The van der Waals surface area contributed by atoms with Gasteiger partial charge in [-0.1, -0.05) is 42.5 Å². The SMILES string of the molecule is CNC(=O)C(CO)NCc1ccc(OCCCc2ccccc2)cc1.CS(=O)(=O)O. The minimum absolute atomic E-state index is 0.221. The number of amides is 1. The van der Waals surface area contributed by atoms with Crippen molar-refractivity contribution in [1.29, 1.82) is 0 Å². The summed E-state index contributed by atoms with van der Waals surface area (Å²) in [4.78, 5) is 11.5. The van der Waals surface area contributed by atoms with Gasteiger partial charge in [-0.05, 0) is 36.1 Å². The lowest BCUT2D eigenvalue weighted by molar-refractivity contribution is -0.123. The average molecular weight is 439 g/mol. The average Bonchev–Trinajstić information content (AvgIpc) is 2.72. The van der Waals surface area contributed by atoms with Gasteiger partial charge < -0.3 is 15.2 Å². The summed E-state index contributed by atoms with van der Waals surface area (Å²) in [5, 5.41) is 14.8. The second kappa shape index (κ2) is 13.7. The third kappa shape index (κ3) is 12.2. The van der Waals surface area contributed by atoms with Gasteiger partial charge in [-0.2, -0.15) is 8.42 Å². The zero-order valence-corrected chi connectivity index (χ0v) is 18.1. The largest absolute Gasteiger partial charge is 0.494 e. The van der Waals surface area contributed by atoms with Gasteiger partial charge in [0.2, 0.25) is 5.91 Å². The molecule has 0 aliphatic rings. The van der Waals surface area contributed by atoms with Crippen LogP contribution < -0.4 is 15.4 Å². The molecule has 0 aliphatic carbocycles. The van der Waals surface area contributed by atoms with E-state index >= 15 is 0 Å². The van der Waals surface area contributed by atoms with Gasteiger partial charge in [0.1, 0.15) is 11.8 Å². The van der Waals surface area contributed by atoms with E-state index in [0.29, 0.717) is 19.4 Å². The molecule has 0 fully saturated rings. The molecule has 2 aromatic rings. The van der Waals surface area contributed by atoms with Gasteiger partial charge in [-0.25, -0.2) is 0 Å². The maximum absolute atomic E-state index is 11.5. The molecule has 0 heterocycles. The van der Waals surface area contributed by atoms with Crippen LogP contribution in [-0.4, -0.2) is 56.5 Å². The molecule has 0 spiro atoms. The summed E-state index contributed by atoms with van der Waals surface area (Å²) in [6, 6.07) is 17.5. The number of hydrogen-bond donors (Lipinski definition) is 4. The topological polar surface area (TPSA) is 125 Å². The molecule has 0 saturated carbocycles.